The summed E-state index contributed by atoms with van der Waals surface area (Å²) in [6, 6.07) is 16.6. The first-order valence-corrected chi connectivity index (χ1v) is 11.2. The van der Waals surface area contributed by atoms with Crippen molar-refractivity contribution in [2.75, 3.05) is 0 Å². The second-order valence-electron chi connectivity index (χ2n) is 7.67. The fourth-order valence-electron chi connectivity index (χ4n) is 3.71. The highest BCUT2D eigenvalue weighted by atomic mass is 32.2. The van der Waals surface area contributed by atoms with Crippen molar-refractivity contribution < 1.29 is 0 Å². The molecule has 0 fully saturated rings. The average molecular weight is 455 g/mol. The van der Waals surface area contributed by atoms with Crippen LogP contribution in [0.2, 0.25) is 0 Å². The van der Waals surface area contributed by atoms with Crippen molar-refractivity contribution in [3.63, 3.8) is 0 Å². The summed E-state index contributed by atoms with van der Waals surface area (Å²) in [7, 11) is 0. The number of rotatable bonds is 4. The Hall–Kier alpha value is -4.16. The molecule has 0 atom stereocenters. The van der Waals surface area contributed by atoms with Gasteiger partial charge < -0.3 is 0 Å². The van der Waals surface area contributed by atoms with Gasteiger partial charge in [0.1, 0.15) is 11.6 Å². The number of hydrogen-bond acceptors (Lipinski definition) is 6. The SMILES string of the molecule is Cc1ccc(C)c(-n2c(SCc3cc(=O)n4[nH]cc(C#N)c4n3)nc3ccccc3c2=O)c1. The van der Waals surface area contributed by atoms with E-state index in [0.717, 1.165) is 16.8 Å². The molecule has 0 aliphatic rings. The molecule has 0 aliphatic heterocycles. The lowest BCUT2D eigenvalue weighted by atomic mass is 10.1. The van der Waals surface area contributed by atoms with E-state index in [1.165, 1.54) is 28.5 Å². The van der Waals surface area contributed by atoms with Gasteiger partial charge in [0.25, 0.3) is 11.1 Å². The number of thioether (sulfide) groups is 1. The Kier molecular flexibility index (Phi) is 5.07. The van der Waals surface area contributed by atoms with Crippen molar-refractivity contribution in [1.82, 2.24) is 24.1 Å². The van der Waals surface area contributed by atoms with Crippen molar-refractivity contribution in [2.24, 2.45) is 0 Å². The van der Waals surface area contributed by atoms with Crippen LogP contribution in [-0.4, -0.2) is 24.1 Å². The number of aryl methyl sites for hydroxylation is 2. The first kappa shape index (κ1) is 20.7. The van der Waals surface area contributed by atoms with Gasteiger partial charge in [-0.3, -0.25) is 19.3 Å². The van der Waals surface area contributed by atoms with E-state index in [9.17, 15) is 14.9 Å². The minimum atomic E-state index is -0.310. The van der Waals surface area contributed by atoms with Gasteiger partial charge in [0.15, 0.2) is 10.8 Å². The molecule has 33 heavy (non-hydrogen) atoms. The molecule has 0 aliphatic carbocycles. The Morgan fingerprint density at radius 2 is 1.91 bits per heavy atom. The lowest BCUT2D eigenvalue weighted by molar-refractivity contribution is 0.812. The van der Waals surface area contributed by atoms with Crippen LogP contribution >= 0.6 is 11.8 Å². The Morgan fingerprint density at radius 3 is 2.73 bits per heavy atom. The number of aromatic amines is 1. The monoisotopic (exact) mass is 454 g/mol. The Labute approximate surface area is 192 Å². The minimum absolute atomic E-state index is 0.155. The van der Waals surface area contributed by atoms with Crippen LogP contribution in [0, 0.1) is 25.2 Å². The van der Waals surface area contributed by atoms with Gasteiger partial charge in [-0.05, 0) is 43.2 Å². The Bertz CT molecular complexity index is 1710. The molecular formula is C24H18N6O2S. The van der Waals surface area contributed by atoms with Crippen molar-refractivity contribution in [1.29, 1.82) is 5.26 Å². The molecule has 3 heterocycles. The van der Waals surface area contributed by atoms with Crippen molar-refractivity contribution in [3.8, 4) is 11.8 Å². The van der Waals surface area contributed by atoms with Crippen LogP contribution < -0.4 is 11.1 Å². The molecule has 1 N–H and O–H groups in total. The van der Waals surface area contributed by atoms with Crippen LogP contribution in [0.5, 0.6) is 0 Å². The molecule has 0 bridgehead atoms. The molecule has 0 spiro atoms. The van der Waals surface area contributed by atoms with Gasteiger partial charge in [0.2, 0.25) is 0 Å². The standard InChI is InChI=1S/C24H18N6O2S/c1-14-7-8-15(2)20(9-14)29-23(32)18-5-3-4-6-19(18)28-24(29)33-13-17-10-21(31)30-22(27-17)16(11-25)12-26-30/h3-10,12,26H,13H2,1-2H3. The summed E-state index contributed by atoms with van der Waals surface area (Å²) in [6.07, 6.45) is 1.45. The molecule has 5 aromatic rings. The first-order chi connectivity index (χ1) is 16.0. The van der Waals surface area contributed by atoms with E-state index in [1.807, 2.05) is 56.3 Å². The molecule has 0 amide bonds. The molecule has 3 aromatic heterocycles. The van der Waals surface area contributed by atoms with Crippen LogP contribution in [0.3, 0.4) is 0 Å². The van der Waals surface area contributed by atoms with Gasteiger partial charge in [-0.15, -0.1) is 0 Å². The quantitative estimate of drug-likeness (QED) is 0.329. The average Bonchev–Trinajstić information content (AvgIpc) is 3.23. The number of H-pyrrole nitrogens is 1. The smallest absolute Gasteiger partial charge is 0.272 e. The minimum Gasteiger partial charge on any atom is -0.295 e. The highest BCUT2D eigenvalue weighted by Gasteiger charge is 2.16. The third-order valence-corrected chi connectivity index (χ3v) is 6.34. The number of benzene rings is 2. The maximum absolute atomic E-state index is 13.5. The van der Waals surface area contributed by atoms with E-state index in [-0.39, 0.29) is 22.3 Å². The second kappa shape index (κ2) is 8.07. The summed E-state index contributed by atoms with van der Waals surface area (Å²) in [6.45, 7) is 3.93. The molecule has 5 rings (SSSR count). The van der Waals surface area contributed by atoms with Crippen LogP contribution in [0.1, 0.15) is 22.4 Å². The molecule has 2 aromatic carbocycles. The van der Waals surface area contributed by atoms with E-state index in [2.05, 4.69) is 10.1 Å². The Balaban J connectivity index is 1.65. The third-order valence-electron chi connectivity index (χ3n) is 5.37. The zero-order valence-electron chi connectivity index (χ0n) is 17.9. The van der Waals surface area contributed by atoms with Crippen LogP contribution in [0.4, 0.5) is 0 Å². The molecule has 0 unspecified atom stereocenters. The fraction of sp³-hybridized carbons (Fsp3) is 0.125. The summed E-state index contributed by atoms with van der Waals surface area (Å²) in [5, 5.41) is 13.0. The summed E-state index contributed by atoms with van der Waals surface area (Å²) in [5.74, 6) is 0.303. The lowest BCUT2D eigenvalue weighted by Crippen LogP contribution is -2.22. The van der Waals surface area contributed by atoms with Gasteiger partial charge in [0.05, 0.1) is 22.3 Å². The molecule has 162 valence electrons. The topological polar surface area (TPSA) is 109 Å². The fourth-order valence-corrected chi connectivity index (χ4v) is 4.60. The molecular weight excluding hydrogens is 436 g/mol. The van der Waals surface area contributed by atoms with E-state index >= 15 is 0 Å². The van der Waals surface area contributed by atoms with Gasteiger partial charge in [-0.1, -0.05) is 36.0 Å². The Morgan fingerprint density at radius 1 is 1.09 bits per heavy atom. The number of hydrogen-bond donors (Lipinski definition) is 1. The largest absolute Gasteiger partial charge is 0.295 e. The summed E-state index contributed by atoms with van der Waals surface area (Å²) in [5.41, 5.74) is 3.95. The predicted octanol–water partition coefficient (Wildman–Crippen LogP) is 3.50. The van der Waals surface area contributed by atoms with Crippen LogP contribution in [0.15, 0.2) is 69.5 Å². The highest BCUT2D eigenvalue weighted by Crippen LogP contribution is 2.26. The van der Waals surface area contributed by atoms with Crippen molar-refractivity contribution in [2.45, 2.75) is 24.8 Å². The molecule has 0 saturated carbocycles. The number of para-hydroxylation sites is 1. The highest BCUT2D eigenvalue weighted by molar-refractivity contribution is 7.98. The maximum atomic E-state index is 13.5. The number of aromatic nitrogens is 5. The number of nitrogens with zero attached hydrogens (tertiary/aromatic N) is 5. The van der Waals surface area contributed by atoms with Gasteiger partial charge in [-0.25, -0.2) is 14.5 Å². The molecule has 9 heteroatoms. The predicted molar refractivity (Wildman–Crippen MR) is 127 cm³/mol. The van der Waals surface area contributed by atoms with Crippen LogP contribution in [-0.2, 0) is 5.75 Å². The van der Waals surface area contributed by atoms with E-state index in [1.54, 1.807) is 10.6 Å². The number of nitriles is 1. The molecule has 0 radical (unpaired) electrons. The summed E-state index contributed by atoms with van der Waals surface area (Å²) in [4.78, 5) is 35.2. The third kappa shape index (κ3) is 3.60. The zero-order chi connectivity index (χ0) is 23.1. The number of fused-ring (bicyclic) bond motifs is 2. The van der Waals surface area contributed by atoms with Gasteiger partial charge in [-0.2, -0.15) is 5.26 Å². The first-order valence-electron chi connectivity index (χ1n) is 10.2. The second-order valence-corrected chi connectivity index (χ2v) is 8.62. The van der Waals surface area contributed by atoms with E-state index < -0.39 is 0 Å². The van der Waals surface area contributed by atoms with E-state index in [4.69, 9.17) is 4.98 Å². The molecule has 0 saturated heterocycles. The summed E-state index contributed by atoms with van der Waals surface area (Å²) >= 11 is 1.32. The van der Waals surface area contributed by atoms with Gasteiger partial charge >= 0.3 is 0 Å². The zero-order valence-corrected chi connectivity index (χ0v) is 18.7. The lowest BCUT2D eigenvalue weighted by Gasteiger charge is -2.15. The van der Waals surface area contributed by atoms with Crippen molar-refractivity contribution in [3.05, 3.63) is 97.8 Å². The van der Waals surface area contributed by atoms with Crippen LogP contribution in [0.25, 0.3) is 22.2 Å². The van der Waals surface area contributed by atoms with E-state index in [0.29, 0.717) is 27.5 Å². The maximum Gasteiger partial charge on any atom is 0.272 e. The summed E-state index contributed by atoms with van der Waals surface area (Å²) < 4.78 is 2.85. The van der Waals surface area contributed by atoms with Gasteiger partial charge in [0, 0.05) is 18.0 Å². The number of nitrogens with one attached hydrogen (secondary N) is 1. The van der Waals surface area contributed by atoms with Crippen molar-refractivity contribution >= 4 is 28.3 Å². The molecule has 8 nitrogen and oxygen atoms in total. The normalized spacial score (nSPS) is 11.2.